The molecule has 0 bridgehead atoms. The molecule has 2 N–H and O–H groups in total. The van der Waals surface area contributed by atoms with E-state index in [1.165, 1.54) is 0 Å². The monoisotopic (exact) mass is 167 g/mol. The number of nitrogens with two attached hydrogens (primary N) is 1. The zero-order valence-corrected chi connectivity index (χ0v) is 6.40. The van der Waals surface area contributed by atoms with E-state index in [1.807, 2.05) is 6.07 Å². The lowest BCUT2D eigenvalue weighted by molar-refractivity contribution is 0.102. The molecule has 0 aliphatic rings. The fourth-order valence-corrected chi connectivity index (χ4v) is 0.682. The second-order valence-corrected chi connectivity index (χ2v) is 1.98. The highest BCUT2D eigenvalue weighted by atomic mass is 16.7. The lowest BCUT2D eigenvalue weighted by Crippen LogP contribution is -2.15. The van der Waals surface area contributed by atoms with Crippen molar-refractivity contribution in [1.29, 1.82) is 0 Å². The molecule has 4 heteroatoms. The molecular formula is C8H9NO3. The van der Waals surface area contributed by atoms with Crippen LogP contribution in [0.3, 0.4) is 0 Å². The molecule has 0 atom stereocenters. The predicted octanol–water partition coefficient (Wildman–Crippen LogP) is 1.12. The summed E-state index contributed by atoms with van der Waals surface area (Å²) in [6, 6.07) is 8.63. The maximum absolute atomic E-state index is 10.7. The van der Waals surface area contributed by atoms with Crippen LogP contribution in [0.5, 0.6) is 5.75 Å². The molecule has 0 amide bonds. The first-order valence-electron chi connectivity index (χ1n) is 3.42. The van der Waals surface area contributed by atoms with Gasteiger partial charge in [-0.3, -0.25) is 5.73 Å². The van der Waals surface area contributed by atoms with E-state index in [4.69, 9.17) is 10.5 Å². The molecule has 4 nitrogen and oxygen atoms in total. The minimum absolute atomic E-state index is 0.175. The Balaban J connectivity index is 2.47. The van der Waals surface area contributed by atoms with Gasteiger partial charge in [-0.05, 0) is 12.1 Å². The Morgan fingerprint density at radius 1 is 1.33 bits per heavy atom. The highest BCUT2D eigenvalue weighted by Crippen LogP contribution is 2.08. The Morgan fingerprint density at radius 3 is 2.58 bits per heavy atom. The molecule has 0 radical (unpaired) electrons. The first kappa shape index (κ1) is 8.55. The number of rotatable bonds is 2. The van der Waals surface area contributed by atoms with Crippen LogP contribution in [0.25, 0.3) is 0 Å². The van der Waals surface area contributed by atoms with Crippen LogP contribution in [-0.2, 0) is 4.74 Å². The van der Waals surface area contributed by atoms with Crippen LogP contribution in [0.15, 0.2) is 30.3 Å². The van der Waals surface area contributed by atoms with E-state index >= 15 is 0 Å². The van der Waals surface area contributed by atoms with E-state index in [2.05, 4.69) is 4.74 Å². The van der Waals surface area contributed by atoms with Gasteiger partial charge in [-0.2, -0.15) is 0 Å². The van der Waals surface area contributed by atoms with E-state index < -0.39 is 6.16 Å². The van der Waals surface area contributed by atoms with Crippen LogP contribution in [0.1, 0.15) is 0 Å². The summed E-state index contributed by atoms with van der Waals surface area (Å²) in [6.07, 6.45) is -0.788. The fraction of sp³-hybridized carbons (Fsp3) is 0.125. The Labute approximate surface area is 69.9 Å². The maximum Gasteiger partial charge on any atom is 0.515 e. The van der Waals surface area contributed by atoms with E-state index in [1.54, 1.807) is 24.3 Å². The lowest BCUT2D eigenvalue weighted by Gasteiger charge is -2.02. The fourth-order valence-electron chi connectivity index (χ4n) is 0.682. The van der Waals surface area contributed by atoms with Crippen LogP contribution in [0.2, 0.25) is 0 Å². The zero-order valence-electron chi connectivity index (χ0n) is 6.40. The number of benzene rings is 1. The number of ether oxygens (including phenoxy) is 2. The van der Waals surface area contributed by atoms with Crippen molar-refractivity contribution >= 4 is 6.16 Å². The van der Waals surface area contributed by atoms with Gasteiger partial charge in [-0.25, -0.2) is 4.79 Å². The Morgan fingerprint density at radius 2 is 2.00 bits per heavy atom. The summed E-state index contributed by atoms with van der Waals surface area (Å²) in [6.45, 7) is -0.175. The van der Waals surface area contributed by atoms with Gasteiger partial charge in [0.1, 0.15) is 12.5 Å². The number of hydrogen-bond donors (Lipinski definition) is 1. The van der Waals surface area contributed by atoms with Gasteiger partial charge in [0.25, 0.3) is 0 Å². The molecule has 0 saturated heterocycles. The van der Waals surface area contributed by atoms with E-state index in [-0.39, 0.29) is 6.73 Å². The van der Waals surface area contributed by atoms with Gasteiger partial charge in [0.15, 0.2) is 0 Å². The molecule has 0 aliphatic carbocycles. The van der Waals surface area contributed by atoms with Gasteiger partial charge in [-0.1, -0.05) is 18.2 Å². The van der Waals surface area contributed by atoms with Crippen molar-refractivity contribution in [2.75, 3.05) is 6.73 Å². The van der Waals surface area contributed by atoms with Gasteiger partial charge in [-0.15, -0.1) is 0 Å². The Kier molecular flexibility index (Phi) is 3.10. The average molecular weight is 167 g/mol. The van der Waals surface area contributed by atoms with Gasteiger partial charge >= 0.3 is 6.16 Å². The average Bonchev–Trinajstić information content (AvgIpc) is 2.06. The minimum Gasteiger partial charge on any atom is -0.418 e. The van der Waals surface area contributed by atoms with E-state index in [9.17, 15) is 4.79 Å². The van der Waals surface area contributed by atoms with Crippen LogP contribution in [0, 0.1) is 0 Å². The van der Waals surface area contributed by atoms with Crippen LogP contribution in [0.4, 0.5) is 4.79 Å². The summed E-state index contributed by atoms with van der Waals surface area (Å²) in [5, 5.41) is 0. The first-order valence-corrected chi connectivity index (χ1v) is 3.42. The lowest BCUT2D eigenvalue weighted by atomic mass is 10.3. The topological polar surface area (TPSA) is 61.5 Å². The quantitative estimate of drug-likeness (QED) is 0.407. The van der Waals surface area contributed by atoms with Gasteiger partial charge in [0, 0.05) is 0 Å². The van der Waals surface area contributed by atoms with Crippen LogP contribution >= 0.6 is 0 Å². The molecule has 0 spiro atoms. The molecule has 12 heavy (non-hydrogen) atoms. The van der Waals surface area contributed by atoms with Crippen molar-refractivity contribution in [2.45, 2.75) is 0 Å². The molecule has 0 aliphatic heterocycles. The molecule has 1 rings (SSSR count). The SMILES string of the molecule is NCOC(=O)Oc1ccccc1. The third kappa shape index (κ3) is 2.59. The van der Waals surface area contributed by atoms with Crippen molar-refractivity contribution in [3.05, 3.63) is 30.3 Å². The summed E-state index contributed by atoms with van der Waals surface area (Å²) in [7, 11) is 0. The second-order valence-electron chi connectivity index (χ2n) is 1.98. The normalized spacial score (nSPS) is 9.08. The van der Waals surface area contributed by atoms with Crippen molar-refractivity contribution in [3.63, 3.8) is 0 Å². The number of carbonyl (C=O) groups is 1. The maximum atomic E-state index is 10.7. The summed E-state index contributed by atoms with van der Waals surface area (Å²) >= 11 is 0. The third-order valence-electron chi connectivity index (χ3n) is 1.15. The van der Waals surface area contributed by atoms with Gasteiger partial charge < -0.3 is 9.47 Å². The van der Waals surface area contributed by atoms with Gasteiger partial charge in [0.2, 0.25) is 0 Å². The van der Waals surface area contributed by atoms with Crippen LogP contribution < -0.4 is 10.5 Å². The smallest absolute Gasteiger partial charge is 0.418 e. The van der Waals surface area contributed by atoms with Crippen molar-refractivity contribution < 1.29 is 14.3 Å². The molecule has 1 aromatic rings. The highest BCUT2D eigenvalue weighted by molar-refractivity contribution is 5.63. The number of hydrogen-bond acceptors (Lipinski definition) is 4. The first-order chi connectivity index (χ1) is 5.83. The van der Waals surface area contributed by atoms with Gasteiger partial charge in [0.05, 0.1) is 0 Å². The molecule has 1 aromatic carbocycles. The molecule has 0 heterocycles. The molecule has 0 aromatic heterocycles. The Hall–Kier alpha value is -1.55. The number of carbonyl (C=O) groups excluding carboxylic acids is 1. The predicted molar refractivity (Wildman–Crippen MR) is 42.6 cm³/mol. The van der Waals surface area contributed by atoms with Crippen molar-refractivity contribution in [3.8, 4) is 5.75 Å². The third-order valence-corrected chi connectivity index (χ3v) is 1.15. The number of para-hydroxylation sites is 1. The van der Waals surface area contributed by atoms with E-state index in [0.717, 1.165) is 0 Å². The summed E-state index contributed by atoms with van der Waals surface area (Å²) in [5.74, 6) is 0.441. The summed E-state index contributed by atoms with van der Waals surface area (Å²) < 4.78 is 9.08. The zero-order chi connectivity index (χ0) is 8.81. The minimum atomic E-state index is -0.788. The highest BCUT2D eigenvalue weighted by Gasteiger charge is 2.02. The largest absolute Gasteiger partial charge is 0.515 e. The molecule has 0 unspecified atom stereocenters. The summed E-state index contributed by atoms with van der Waals surface area (Å²) in [5.41, 5.74) is 4.96. The summed E-state index contributed by atoms with van der Waals surface area (Å²) in [4.78, 5) is 10.7. The van der Waals surface area contributed by atoms with Crippen molar-refractivity contribution in [2.24, 2.45) is 5.73 Å². The van der Waals surface area contributed by atoms with Crippen molar-refractivity contribution in [1.82, 2.24) is 0 Å². The second kappa shape index (κ2) is 4.35. The van der Waals surface area contributed by atoms with Crippen LogP contribution in [-0.4, -0.2) is 12.9 Å². The molecular weight excluding hydrogens is 158 g/mol. The Bertz CT molecular complexity index is 248. The molecule has 64 valence electrons. The molecule has 0 saturated carbocycles. The van der Waals surface area contributed by atoms with E-state index in [0.29, 0.717) is 5.75 Å². The molecule has 0 fully saturated rings. The standard InChI is InChI=1S/C8H9NO3/c9-6-11-8(10)12-7-4-2-1-3-5-7/h1-5H,6,9H2.